The molecule has 3 nitrogen and oxygen atoms in total. The molecule has 0 saturated carbocycles. The van der Waals surface area contributed by atoms with Gasteiger partial charge in [0.2, 0.25) is 0 Å². The van der Waals surface area contributed by atoms with Crippen LogP contribution in [0.4, 0.5) is 5.69 Å². The van der Waals surface area contributed by atoms with Crippen LogP contribution in [-0.4, -0.2) is 19.7 Å². The largest absolute Gasteiger partial charge is 0.491 e. The third-order valence-corrected chi connectivity index (χ3v) is 3.82. The number of para-hydroxylation sites is 2. The molecule has 1 aromatic carbocycles. The third kappa shape index (κ3) is 3.90. The van der Waals surface area contributed by atoms with Gasteiger partial charge in [-0.3, -0.25) is 0 Å². The second-order valence-electron chi connectivity index (χ2n) is 6.11. The molecule has 2 rings (SSSR count). The van der Waals surface area contributed by atoms with E-state index in [9.17, 15) is 0 Å². The molecule has 0 aromatic heterocycles. The topological polar surface area (TPSA) is 36.3 Å². The van der Waals surface area contributed by atoms with E-state index in [1.165, 1.54) is 5.69 Å². The Morgan fingerprint density at radius 2 is 2.10 bits per heavy atom. The predicted molar refractivity (Wildman–Crippen MR) is 82.0 cm³/mol. The van der Waals surface area contributed by atoms with Gasteiger partial charge in [-0.1, -0.05) is 18.6 Å². The number of hydrogen-bond donors (Lipinski definition) is 0. The fourth-order valence-electron chi connectivity index (χ4n) is 2.56. The molecular weight excluding hydrogens is 248 g/mol. The summed E-state index contributed by atoms with van der Waals surface area (Å²) in [6, 6.07) is 10.7. The summed E-state index contributed by atoms with van der Waals surface area (Å²) in [5.41, 5.74) is 1.02. The van der Waals surface area contributed by atoms with Crippen molar-refractivity contribution in [1.29, 1.82) is 5.26 Å². The molecule has 1 aliphatic rings. The van der Waals surface area contributed by atoms with Gasteiger partial charge in [-0.2, -0.15) is 5.26 Å². The SMILES string of the molecule is CC(C)(C#N)CCCCN1CCCOc2ccccc21. The van der Waals surface area contributed by atoms with Crippen molar-refractivity contribution in [2.45, 2.75) is 39.5 Å². The summed E-state index contributed by atoms with van der Waals surface area (Å²) in [7, 11) is 0. The number of ether oxygens (including phenoxy) is 1. The average Bonchev–Trinajstić information content (AvgIpc) is 2.66. The number of anilines is 1. The first-order chi connectivity index (χ1) is 9.62. The van der Waals surface area contributed by atoms with E-state index in [-0.39, 0.29) is 5.41 Å². The van der Waals surface area contributed by atoms with Gasteiger partial charge in [0.1, 0.15) is 5.75 Å². The van der Waals surface area contributed by atoms with Crippen LogP contribution in [0.5, 0.6) is 5.75 Å². The van der Waals surface area contributed by atoms with E-state index in [4.69, 9.17) is 10.00 Å². The number of hydrogen-bond acceptors (Lipinski definition) is 3. The molecule has 0 spiro atoms. The fourth-order valence-corrected chi connectivity index (χ4v) is 2.56. The van der Waals surface area contributed by atoms with Crippen molar-refractivity contribution in [1.82, 2.24) is 0 Å². The van der Waals surface area contributed by atoms with Crippen molar-refractivity contribution in [2.24, 2.45) is 5.41 Å². The molecule has 1 aromatic rings. The summed E-state index contributed by atoms with van der Waals surface area (Å²) < 4.78 is 5.77. The molecule has 1 heterocycles. The molecule has 0 aliphatic carbocycles. The van der Waals surface area contributed by atoms with Gasteiger partial charge in [0.05, 0.1) is 23.8 Å². The number of rotatable bonds is 5. The summed E-state index contributed by atoms with van der Waals surface area (Å²) in [4.78, 5) is 2.42. The van der Waals surface area contributed by atoms with Gasteiger partial charge in [-0.05, 0) is 45.2 Å². The van der Waals surface area contributed by atoms with Crippen molar-refractivity contribution >= 4 is 5.69 Å². The van der Waals surface area contributed by atoms with Gasteiger partial charge in [0, 0.05) is 13.1 Å². The Balaban J connectivity index is 1.89. The molecule has 0 saturated heterocycles. The molecular formula is C17H24N2O. The average molecular weight is 272 g/mol. The Kier molecular flexibility index (Phi) is 4.89. The maximum absolute atomic E-state index is 9.03. The zero-order valence-corrected chi connectivity index (χ0v) is 12.6. The molecule has 0 unspecified atom stereocenters. The van der Waals surface area contributed by atoms with E-state index in [1.807, 2.05) is 26.0 Å². The Hall–Kier alpha value is -1.69. The van der Waals surface area contributed by atoms with E-state index >= 15 is 0 Å². The highest BCUT2D eigenvalue weighted by molar-refractivity contribution is 5.58. The van der Waals surface area contributed by atoms with Gasteiger partial charge in [-0.15, -0.1) is 0 Å². The summed E-state index contributed by atoms with van der Waals surface area (Å²) in [6.45, 7) is 6.93. The van der Waals surface area contributed by atoms with Crippen LogP contribution >= 0.6 is 0 Å². The first-order valence-corrected chi connectivity index (χ1v) is 7.50. The normalized spacial score (nSPS) is 14.9. The van der Waals surface area contributed by atoms with E-state index in [0.717, 1.165) is 51.1 Å². The van der Waals surface area contributed by atoms with Crippen molar-refractivity contribution in [2.75, 3.05) is 24.6 Å². The lowest BCUT2D eigenvalue weighted by molar-refractivity contribution is 0.322. The molecule has 0 atom stereocenters. The molecule has 20 heavy (non-hydrogen) atoms. The van der Waals surface area contributed by atoms with Crippen molar-refractivity contribution < 1.29 is 4.74 Å². The van der Waals surface area contributed by atoms with Gasteiger partial charge in [-0.25, -0.2) is 0 Å². The first kappa shape index (κ1) is 14.7. The molecule has 3 heteroatoms. The summed E-state index contributed by atoms with van der Waals surface area (Å²) in [6.07, 6.45) is 4.26. The molecule has 0 bridgehead atoms. The molecule has 108 valence electrons. The maximum atomic E-state index is 9.03. The second-order valence-corrected chi connectivity index (χ2v) is 6.11. The predicted octanol–water partition coefficient (Wildman–Crippen LogP) is 4.00. The number of nitrogens with zero attached hydrogens (tertiary/aromatic N) is 2. The zero-order chi connectivity index (χ0) is 14.4. The van der Waals surface area contributed by atoms with Crippen LogP contribution in [0.25, 0.3) is 0 Å². The minimum absolute atomic E-state index is 0.195. The van der Waals surface area contributed by atoms with E-state index in [2.05, 4.69) is 23.1 Å². The van der Waals surface area contributed by atoms with E-state index in [0.29, 0.717) is 0 Å². The highest BCUT2D eigenvalue weighted by atomic mass is 16.5. The third-order valence-electron chi connectivity index (χ3n) is 3.82. The molecule has 0 amide bonds. The molecule has 0 radical (unpaired) electrons. The monoisotopic (exact) mass is 272 g/mol. The Morgan fingerprint density at radius 3 is 2.90 bits per heavy atom. The minimum atomic E-state index is -0.195. The minimum Gasteiger partial charge on any atom is -0.491 e. The highest BCUT2D eigenvalue weighted by Crippen LogP contribution is 2.31. The van der Waals surface area contributed by atoms with Crippen LogP contribution in [0, 0.1) is 16.7 Å². The van der Waals surface area contributed by atoms with E-state index in [1.54, 1.807) is 0 Å². The Bertz CT molecular complexity index is 476. The van der Waals surface area contributed by atoms with Gasteiger partial charge < -0.3 is 9.64 Å². The van der Waals surface area contributed by atoms with Gasteiger partial charge >= 0.3 is 0 Å². The summed E-state index contributed by atoms with van der Waals surface area (Å²) >= 11 is 0. The quantitative estimate of drug-likeness (QED) is 0.760. The second kappa shape index (κ2) is 6.65. The number of fused-ring (bicyclic) bond motifs is 1. The van der Waals surface area contributed by atoms with Gasteiger partial charge in [0.25, 0.3) is 0 Å². The van der Waals surface area contributed by atoms with Gasteiger partial charge in [0.15, 0.2) is 0 Å². The maximum Gasteiger partial charge on any atom is 0.142 e. The zero-order valence-electron chi connectivity index (χ0n) is 12.6. The molecule has 0 N–H and O–H groups in total. The lowest BCUT2D eigenvalue weighted by atomic mass is 9.89. The first-order valence-electron chi connectivity index (χ1n) is 7.50. The van der Waals surface area contributed by atoms with Crippen LogP contribution in [0.3, 0.4) is 0 Å². The summed E-state index contributed by atoms with van der Waals surface area (Å²) in [5, 5.41) is 9.03. The Morgan fingerprint density at radius 1 is 1.30 bits per heavy atom. The lowest BCUT2D eigenvalue weighted by Crippen LogP contribution is -2.25. The van der Waals surface area contributed by atoms with Crippen molar-refractivity contribution in [3.8, 4) is 11.8 Å². The van der Waals surface area contributed by atoms with E-state index < -0.39 is 0 Å². The van der Waals surface area contributed by atoms with Crippen LogP contribution in [-0.2, 0) is 0 Å². The summed E-state index contributed by atoms with van der Waals surface area (Å²) in [5.74, 6) is 1.00. The Labute approximate surface area is 122 Å². The number of nitriles is 1. The number of benzene rings is 1. The number of unbranched alkanes of at least 4 members (excludes halogenated alkanes) is 1. The van der Waals surface area contributed by atoms with Crippen LogP contribution in [0.1, 0.15) is 39.5 Å². The van der Waals surface area contributed by atoms with Crippen LogP contribution < -0.4 is 9.64 Å². The van der Waals surface area contributed by atoms with Crippen molar-refractivity contribution in [3.63, 3.8) is 0 Å². The lowest BCUT2D eigenvalue weighted by Gasteiger charge is -2.24. The highest BCUT2D eigenvalue weighted by Gasteiger charge is 2.18. The standard InChI is InChI=1S/C17H24N2O/c1-17(2,14-18)10-5-6-11-19-12-7-13-20-16-9-4-3-8-15(16)19/h3-4,8-9H,5-7,10-13H2,1-2H3. The smallest absolute Gasteiger partial charge is 0.142 e. The van der Waals surface area contributed by atoms with Crippen molar-refractivity contribution in [3.05, 3.63) is 24.3 Å². The fraction of sp³-hybridized carbons (Fsp3) is 0.588. The van der Waals surface area contributed by atoms with Crippen LogP contribution in [0.2, 0.25) is 0 Å². The molecule has 1 aliphatic heterocycles. The molecule has 0 fully saturated rings. The van der Waals surface area contributed by atoms with Crippen LogP contribution in [0.15, 0.2) is 24.3 Å².